The number of aryl methyl sites for hydroxylation is 1. The van der Waals surface area contributed by atoms with Gasteiger partial charge in [-0.2, -0.15) is 0 Å². The van der Waals surface area contributed by atoms with Crippen LogP contribution in [-0.2, 0) is 14.8 Å². The topological polar surface area (TPSA) is 110 Å². The van der Waals surface area contributed by atoms with Crippen molar-refractivity contribution in [1.29, 1.82) is 0 Å². The van der Waals surface area contributed by atoms with Crippen LogP contribution in [-0.4, -0.2) is 31.5 Å². The Kier molecular flexibility index (Phi) is 5.61. The summed E-state index contributed by atoms with van der Waals surface area (Å²) in [4.78, 5) is 23.0. The van der Waals surface area contributed by atoms with E-state index in [2.05, 4.69) is 5.32 Å². The zero-order chi connectivity index (χ0) is 19.5. The number of rotatable bonds is 6. The largest absolute Gasteiger partial charge is 0.324 e. The molecule has 138 valence electrons. The first-order chi connectivity index (χ1) is 12.1. The molecule has 0 bridgehead atoms. The van der Waals surface area contributed by atoms with Crippen LogP contribution >= 0.6 is 0 Å². The van der Waals surface area contributed by atoms with E-state index in [1.54, 1.807) is 37.3 Å². The van der Waals surface area contributed by atoms with Gasteiger partial charge in [0.25, 0.3) is 5.69 Å². The average Bonchev–Trinajstić information content (AvgIpc) is 2.56. The molecule has 9 heteroatoms. The predicted molar refractivity (Wildman–Crippen MR) is 99.7 cm³/mol. The summed E-state index contributed by atoms with van der Waals surface area (Å²) in [6.45, 7) is 3.14. The number of anilines is 2. The van der Waals surface area contributed by atoms with E-state index in [4.69, 9.17) is 0 Å². The quantitative estimate of drug-likeness (QED) is 0.615. The van der Waals surface area contributed by atoms with Crippen molar-refractivity contribution in [2.45, 2.75) is 19.9 Å². The van der Waals surface area contributed by atoms with Crippen molar-refractivity contribution in [2.75, 3.05) is 15.9 Å². The maximum absolute atomic E-state index is 12.6. The molecular formula is C17H19N3O5S. The summed E-state index contributed by atoms with van der Waals surface area (Å²) < 4.78 is 25.4. The summed E-state index contributed by atoms with van der Waals surface area (Å²) in [6.07, 6.45) is 1.02. The first-order valence-electron chi connectivity index (χ1n) is 7.71. The smallest absolute Gasteiger partial charge is 0.271 e. The normalized spacial score (nSPS) is 12.3. The molecule has 0 saturated heterocycles. The molecule has 2 aromatic rings. The van der Waals surface area contributed by atoms with Crippen LogP contribution in [0.4, 0.5) is 17.1 Å². The van der Waals surface area contributed by atoms with Crippen LogP contribution in [0.15, 0.2) is 48.5 Å². The van der Waals surface area contributed by atoms with E-state index < -0.39 is 26.9 Å². The number of nitrogens with one attached hydrogen (secondary N) is 1. The fourth-order valence-electron chi connectivity index (χ4n) is 2.48. The number of nitro benzene ring substituents is 1. The number of nitrogens with zero attached hydrogens (tertiary/aromatic N) is 2. The molecule has 8 nitrogen and oxygen atoms in total. The Morgan fingerprint density at radius 1 is 1.19 bits per heavy atom. The number of amides is 1. The Morgan fingerprint density at radius 3 is 2.35 bits per heavy atom. The summed E-state index contributed by atoms with van der Waals surface area (Å²) in [5.41, 5.74) is 1.08. The molecule has 0 aliphatic rings. The molecule has 0 radical (unpaired) electrons. The van der Waals surface area contributed by atoms with Crippen molar-refractivity contribution in [3.8, 4) is 0 Å². The molecule has 2 aromatic carbocycles. The highest BCUT2D eigenvalue weighted by atomic mass is 32.2. The van der Waals surface area contributed by atoms with E-state index in [-0.39, 0.29) is 11.4 Å². The fraction of sp³-hybridized carbons (Fsp3) is 0.235. The highest BCUT2D eigenvalue weighted by Crippen LogP contribution is 2.24. The number of hydrogen-bond donors (Lipinski definition) is 1. The third-order valence-corrected chi connectivity index (χ3v) is 5.03. The SMILES string of the molecule is Cc1ccc([N+](=O)[O-])cc1NC(=O)[C@@H](C)N(c1ccccc1)S(C)(=O)=O. The van der Waals surface area contributed by atoms with E-state index in [1.807, 2.05) is 0 Å². The minimum absolute atomic E-state index is 0.165. The lowest BCUT2D eigenvalue weighted by molar-refractivity contribution is -0.384. The molecule has 2 rings (SSSR count). The van der Waals surface area contributed by atoms with Gasteiger partial charge in [0.1, 0.15) is 6.04 Å². The number of non-ortho nitro benzene ring substituents is 1. The van der Waals surface area contributed by atoms with Crippen LogP contribution in [0.1, 0.15) is 12.5 Å². The highest BCUT2D eigenvalue weighted by molar-refractivity contribution is 7.92. The molecule has 26 heavy (non-hydrogen) atoms. The van der Waals surface area contributed by atoms with Gasteiger partial charge in [0.05, 0.1) is 22.6 Å². The van der Waals surface area contributed by atoms with Crippen LogP contribution in [0.2, 0.25) is 0 Å². The number of benzene rings is 2. The van der Waals surface area contributed by atoms with Gasteiger partial charge < -0.3 is 5.32 Å². The van der Waals surface area contributed by atoms with Crippen LogP contribution < -0.4 is 9.62 Å². The van der Waals surface area contributed by atoms with E-state index in [0.717, 1.165) is 10.6 Å². The van der Waals surface area contributed by atoms with Crippen molar-refractivity contribution >= 4 is 33.0 Å². The number of carbonyl (C=O) groups is 1. The molecule has 0 aliphatic heterocycles. The molecular weight excluding hydrogens is 358 g/mol. The minimum atomic E-state index is -3.72. The second-order valence-corrected chi connectivity index (χ2v) is 7.68. The Hall–Kier alpha value is -2.94. The van der Waals surface area contributed by atoms with E-state index >= 15 is 0 Å². The minimum Gasteiger partial charge on any atom is -0.324 e. The van der Waals surface area contributed by atoms with E-state index in [1.165, 1.54) is 25.1 Å². The monoisotopic (exact) mass is 377 g/mol. The zero-order valence-electron chi connectivity index (χ0n) is 14.5. The molecule has 0 aliphatic carbocycles. The molecule has 0 aromatic heterocycles. The Balaban J connectivity index is 2.33. The predicted octanol–water partition coefficient (Wildman–Crippen LogP) is 2.70. The van der Waals surface area contributed by atoms with Crippen molar-refractivity contribution < 1.29 is 18.1 Å². The molecule has 0 unspecified atom stereocenters. The number of hydrogen-bond acceptors (Lipinski definition) is 5. The lowest BCUT2D eigenvalue weighted by atomic mass is 10.1. The lowest BCUT2D eigenvalue weighted by Crippen LogP contribution is -2.45. The summed E-state index contributed by atoms with van der Waals surface area (Å²) in [5, 5.41) is 13.5. The molecule has 0 spiro atoms. The van der Waals surface area contributed by atoms with Gasteiger partial charge in [-0.05, 0) is 31.5 Å². The van der Waals surface area contributed by atoms with Gasteiger partial charge in [0.15, 0.2) is 0 Å². The van der Waals surface area contributed by atoms with E-state index in [0.29, 0.717) is 11.3 Å². The molecule has 0 heterocycles. The molecule has 0 saturated carbocycles. The lowest BCUT2D eigenvalue weighted by Gasteiger charge is -2.28. The molecule has 1 N–H and O–H groups in total. The number of sulfonamides is 1. The Morgan fingerprint density at radius 2 is 1.81 bits per heavy atom. The zero-order valence-corrected chi connectivity index (χ0v) is 15.4. The van der Waals surface area contributed by atoms with Gasteiger partial charge in [-0.1, -0.05) is 24.3 Å². The first kappa shape index (κ1) is 19.4. The Labute approximate surface area is 151 Å². The third kappa shape index (κ3) is 4.37. The van der Waals surface area contributed by atoms with Crippen molar-refractivity contribution in [2.24, 2.45) is 0 Å². The van der Waals surface area contributed by atoms with Gasteiger partial charge in [0.2, 0.25) is 15.9 Å². The maximum Gasteiger partial charge on any atom is 0.271 e. The van der Waals surface area contributed by atoms with Gasteiger partial charge in [-0.3, -0.25) is 19.2 Å². The van der Waals surface area contributed by atoms with Gasteiger partial charge >= 0.3 is 0 Å². The average molecular weight is 377 g/mol. The molecule has 0 fully saturated rings. The number of nitro groups is 1. The van der Waals surface area contributed by atoms with Crippen molar-refractivity contribution in [1.82, 2.24) is 0 Å². The van der Waals surface area contributed by atoms with Gasteiger partial charge in [-0.25, -0.2) is 8.42 Å². The summed E-state index contributed by atoms with van der Waals surface area (Å²) in [5.74, 6) is -0.595. The van der Waals surface area contributed by atoms with Crippen LogP contribution in [0.25, 0.3) is 0 Å². The van der Waals surface area contributed by atoms with Crippen molar-refractivity contribution in [3.05, 3.63) is 64.2 Å². The van der Waals surface area contributed by atoms with Gasteiger partial charge in [0, 0.05) is 12.1 Å². The molecule has 1 amide bonds. The summed E-state index contributed by atoms with van der Waals surface area (Å²) in [6, 6.07) is 11.3. The van der Waals surface area contributed by atoms with Crippen LogP contribution in [0.5, 0.6) is 0 Å². The van der Waals surface area contributed by atoms with Crippen molar-refractivity contribution in [3.63, 3.8) is 0 Å². The highest BCUT2D eigenvalue weighted by Gasteiger charge is 2.29. The first-order valence-corrected chi connectivity index (χ1v) is 9.56. The van der Waals surface area contributed by atoms with Crippen LogP contribution in [0.3, 0.4) is 0 Å². The number of para-hydroxylation sites is 1. The molecule has 1 atom stereocenters. The van der Waals surface area contributed by atoms with Crippen LogP contribution in [0, 0.1) is 17.0 Å². The summed E-state index contributed by atoms with van der Waals surface area (Å²) >= 11 is 0. The van der Waals surface area contributed by atoms with E-state index in [9.17, 15) is 23.3 Å². The second kappa shape index (κ2) is 7.52. The summed E-state index contributed by atoms with van der Waals surface area (Å²) in [7, 11) is -3.72. The standard InChI is InChI=1S/C17H19N3O5S/c1-12-9-10-15(20(22)23)11-16(12)18-17(21)13(2)19(26(3,24)25)14-7-5-4-6-8-14/h4-11,13H,1-3H3,(H,18,21)/t13-/m1/s1. The Bertz CT molecular complexity index is 929. The second-order valence-electron chi connectivity index (χ2n) is 5.82. The maximum atomic E-state index is 12.6. The number of carbonyl (C=O) groups excluding carboxylic acids is 1. The van der Waals surface area contributed by atoms with Gasteiger partial charge in [-0.15, -0.1) is 0 Å². The third-order valence-electron chi connectivity index (χ3n) is 3.79. The fourth-order valence-corrected chi connectivity index (χ4v) is 3.65.